The lowest BCUT2D eigenvalue weighted by molar-refractivity contribution is -0.303. The monoisotopic (exact) mass is 368 g/mol. The molecule has 1 aromatic rings. The van der Waals surface area contributed by atoms with Crippen LogP contribution >= 0.6 is 15.9 Å². The van der Waals surface area contributed by atoms with Crippen molar-refractivity contribution < 1.29 is 27.8 Å². The lowest BCUT2D eigenvalue weighted by Gasteiger charge is -2.42. The molecule has 0 aromatic heterocycles. The summed E-state index contributed by atoms with van der Waals surface area (Å²) in [6.07, 6.45) is -5.04. The third kappa shape index (κ3) is 3.08. The van der Waals surface area contributed by atoms with Crippen LogP contribution in [0, 0.1) is 5.41 Å². The van der Waals surface area contributed by atoms with E-state index in [9.17, 15) is 23.1 Å². The van der Waals surface area contributed by atoms with E-state index >= 15 is 0 Å². The second kappa shape index (κ2) is 5.96. The molecule has 21 heavy (non-hydrogen) atoms. The molecular formula is C14H16BrF3O3. The number of rotatable bonds is 4. The summed E-state index contributed by atoms with van der Waals surface area (Å²) < 4.78 is 45.8. The summed E-state index contributed by atoms with van der Waals surface area (Å²) in [7, 11) is 0. The van der Waals surface area contributed by atoms with Crippen LogP contribution in [0.5, 0.6) is 0 Å². The summed E-state index contributed by atoms with van der Waals surface area (Å²) >= 11 is 3.11. The first-order chi connectivity index (χ1) is 9.48. The molecule has 0 heterocycles. The number of alkyl halides is 3. The van der Waals surface area contributed by atoms with Gasteiger partial charge in [0.05, 0.1) is 6.61 Å². The molecule has 0 radical (unpaired) electrons. The number of carbonyl (C=O) groups is 1. The number of esters is 1. The first-order valence-corrected chi connectivity index (χ1v) is 7.00. The number of aliphatic hydroxyl groups is 1. The largest absolute Gasteiger partial charge is 0.465 e. The van der Waals surface area contributed by atoms with Crippen LogP contribution in [-0.2, 0) is 15.1 Å². The average molecular weight is 369 g/mol. The van der Waals surface area contributed by atoms with Gasteiger partial charge in [0.2, 0.25) is 5.60 Å². The minimum Gasteiger partial charge on any atom is -0.465 e. The highest BCUT2D eigenvalue weighted by atomic mass is 79.9. The van der Waals surface area contributed by atoms with Crippen molar-refractivity contribution in [2.45, 2.75) is 32.5 Å². The van der Waals surface area contributed by atoms with E-state index < -0.39 is 28.7 Å². The molecule has 0 bridgehead atoms. The fourth-order valence-electron chi connectivity index (χ4n) is 2.03. The summed E-state index contributed by atoms with van der Waals surface area (Å²) in [4.78, 5) is 11.9. The third-order valence-corrected chi connectivity index (χ3v) is 3.89. The summed E-state index contributed by atoms with van der Waals surface area (Å²) in [5.41, 5.74) is -5.97. The lowest BCUT2D eigenvalue weighted by Crippen LogP contribution is -2.57. The van der Waals surface area contributed by atoms with E-state index in [4.69, 9.17) is 0 Å². The summed E-state index contributed by atoms with van der Waals surface area (Å²) in [5.74, 6) is -1.12. The van der Waals surface area contributed by atoms with Gasteiger partial charge in [-0.15, -0.1) is 0 Å². The van der Waals surface area contributed by atoms with Crippen LogP contribution < -0.4 is 0 Å². The van der Waals surface area contributed by atoms with Crippen molar-refractivity contribution >= 4 is 21.9 Å². The molecule has 0 saturated carbocycles. The van der Waals surface area contributed by atoms with Gasteiger partial charge < -0.3 is 9.84 Å². The standard InChI is InChI=1S/C14H16BrF3O3/c1-4-21-11(19)12(2,3)13(20,14(16,17)18)9-5-7-10(15)8-6-9/h5-8,20H,4H2,1-3H3. The highest BCUT2D eigenvalue weighted by Gasteiger charge is 2.66. The number of carbonyl (C=O) groups excluding carboxylic acids is 1. The molecule has 0 fully saturated rings. The highest BCUT2D eigenvalue weighted by Crippen LogP contribution is 2.51. The molecule has 1 unspecified atom stereocenters. The van der Waals surface area contributed by atoms with E-state index in [0.717, 1.165) is 26.0 Å². The zero-order valence-corrected chi connectivity index (χ0v) is 13.4. The number of halogens is 4. The number of hydrogen-bond acceptors (Lipinski definition) is 3. The Balaban J connectivity index is 3.48. The molecule has 118 valence electrons. The Kier molecular flexibility index (Phi) is 5.10. The number of ether oxygens (including phenoxy) is 1. The molecule has 0 aliphatic rings. The van der Waals surface area contributed by atoms with Crippen molar-refractivity contribution in [3.63, 3.8) is 0 Å². The number of hydrogen-bond donors (Lipinski definition) is 1. The highest BCUT2D eigenvalue weighted by molar-refractivity contribution is 9.10. The van der Waals surface area contributed by atoms with Gasteiger partial charge in [0, 0.05) is 4.47 Å². The van der Waals surface area contributed by atoms with E-state index in [1.165, 1.54) is 19.1 Å². The first-order valence-electron chi connectivity index (χ1n) is 6.20. The van der Waals surface area contributed by atoms with E-state index in [0.29, 0.717) is 4.47 Å². The molecule has 3 nitrogen and oxygen atoms in total. The Morgan fingerprint density at radius 2 is 1.71 bits per heavy atom. The first kappa shape index (κ1) is 18.0. The van der Waals surface area contributed by atoms with Crippen LogP contribution in [0.25, 0.3) is 0 Å². The van der Waals surface area contributed by atoms with Crippen LogP contribution in [0.1, 0.15) is 26.3 Å². The van der Waals surface area contributed by atoms with Gasteiger partial charge in [0.15, 0.2) is 0 Å². The van der Waals surface area contributed by atoms with Crippen molar-refractivity contribution in [2.75, 3.05) is 6.61 Å². The molecule has 1 atom stereocenters. The Bertz CT molecular complexity index is 511. The van der Waals surface area contributed by atoms with E-state index in [1.54, 1.807) is 0 Å². The summed E-state index contributed by atoms with van der Waals surface area (Å²) in [6, 6.07) is 4.98. The van der Waals surface area contributed by atoms with Crippen molar-refractivity contribution in [1.82, 2.24) is 0 Å². The smallest absolute Gasteiger partial charge is 0.422 e. The molecule has 0 saturated heterocycles. The van der Waals surface area contributed by atoms with Crippen molar-refractivity contribution in [3.05, 3.63) is 34.3 Å². The minimum atomic E-state index is -5.04. The normalized spacial score (nSPS) is 15.4. The van der Waals surface area contributed by atoms with Gasteiger partial charge in [-0.25, -0.2) is 0 Å². The van der Waals surface area contributed by atoms with E-state index in [1.807, 2.05) is 0 Å². The Hall–Kier alpha value is -1.08. The van der Waals surface area contributed by atoms with Gasteiger partial charge in [-0.2, -0.15) is 13.2 Å². The van der Waals surface area contributed by atoms with Crippen molar-refractivity contribution in [2.24, 2.45) is 5.41 Å². The van der Waals surface area contributed by atoms with Gasteiger partial charge in [-0.3, -0.25) is 4.79 Å². The Morgan fingerprint density at radius 3 is 2.10 bits per heavy atom. The quantitative estimate of drug-likeness (QED) is 0.822. The van der Waals surface area contributed by atoms with Crippen molar-refractivity contribution in [1.29, 1.82) is 0 Å². The molecule has 1 rings (SSSR count). The Labute approximate surface area is 129 Å². The summed E-state index contributed by atoms with van der Waals surface area (Å²) in [6.45, 7) is 3.44. The predicted molar refractivity (Wildman–Crippen MR) is 74.5 cm³/mol. The third-order valence-electron chi connectivity index (χ3n) is 3.36. The summed E-state index contributed by atoms with van der Waals surface area (Å²) in [5, 5.41) is 10.4. The molecular weight excluding hydrogens is 353 g/mol. The van der Waals surface area contributed by atoms with Gasteiger partial charge in [0.25, 0.3) is 0 Å². The molecule has 1 aromatic carbocycles. The molecule has 0 amide bonds. The maximum Gasteiger partial charge on any atom is 0.422 e. The van der Waals surface area contributed by atoms with Crippen LogP contribution in [0.15, 0.2) is 28.7 Å². The average Bonchev–Trinajstić information content (AvgIpc) is 2.37. The van der Waals surface area contributed by atoms with Gasteiger partial charge in [0.1, 0.15) is 5.41 Å². The second-order valence-electron chi connectivity index (χ2n) is 5.06. The molecule has 0 spiro atoms. The van der Waals surface area contributed by atoms with Gasteiger partial charge in [-0.05, 0) is 38.5 Å². The van der Waals surface area contributed by atoms with Crippen LogP contribution in [0.4, 0.5) is 13.2 Å². The van der Waals surface area contributed by atoms with Crippen molar-refractivity contribution in [3.8, 4) is 0 Å². The van der Waals surface area contributed by atoms with E-state index in [2.05, 4.69) is 20.7 Å². The fourth-order valence-corrected chi connectivity index (χ4v) is 2.29. The topological polar surface area (TPSA) is 46.5 Å². The maximum absolute atomic E-state index is 13.5. The number of benzene rings is 1. The molecule has 0 aliphatic heterocycles. The second-order valence-corrected chi connectivity index (χ2v) is 5.98. The molecule has 1 N–H and O–H groups in total. The fraction of sp³-hybridized carbons (Fsp3) is 0.500. The van der Waals surface area contributed by atoms with E-state index in [-0.39, 0.29) is 6.61 Å². The van der Waals surface area contributed by atoms with Crippen LogP contribution in [0.3, 0.4) is 0 Å². The zero-order valence-electron chi connectivity index (χ0n) is 11.8. The van der Waals surface area contributed by atoms with Gasteiger partial charge in [-0.1, -0.05) is 28.1 Å². The van der Waals surface area contributed by atoms with Crippen LogP contribution in [-0.4, -0.2) is 23.9 Å². The minimum absolute atomic E-state index is 0.0729. The maximum atomic E-state index is 13.5. The van der Waals surface area contributed by atoms with Crippen LogP contribution in [0.2, 0.25) is 0 Å². The molecule has 7 heteroatoms. The lowest BCUT2D eigenvalue weighted by atomic mass is 9.70. The zero-order chi connectivity index (χ0) is 16.5. The molecule has 0 aliphatic carbocycles. The Morgan fingerprint density at radius 1 is 1.24 bits per heavy atom. The van der Waals surface area contributed by atoms with Gasteiger partial charge >= 0.3 is 12.1 Å². The SMILES string of the molecule is CCOC(=O)C(C)(C)C(O)(c1ccc(Br)cc1)C(F)(F)F. The predicted octanol–water partition coefficient (Wildman–Crippen LogP) is 3.79.